The van der Waals surface area contributed by atoms with E-state index in [1.165, 1.54) is 38.5 Å². The number of carbonyl (C=O) groups excluding carboxylic acids is 1. The summed E-state index contributed by atoms with van der Waals surface area (Å²) < 4.78 is 31.4. The first-order valence-electron chi connectivity index (χ1n) is 15.4. The molecule has 1 amide bonds. The number of aryl methyl sites for hydroxylation is 1. The number of hydrogen-bond acceptors (Lipinski definition) is 8. The van der Waals surface area contributed by atoms with Crippen LogP contribution < -0.4 is 10.6 Å². The second kappa shape index (κ2) is 14.9. The predicted molar refractivity (Wildman–Crippen MR) is 155 cm³/mol. The second-order valence-corrected chi connectivity index (χ2v) is 11.9. The highest BCUT2D eigenvalue weighted by Gasteiger charge is 2.66. The molecule has 0 spiro atoms. The SMILES string of the molecule is CCCCCCCOC[C@@]12O[C@@H](CNCCN3CCCCC3)[C@@H](OC(=O)Nc3ccc(C)cc3)[C@@H]1OC(C)(C)O2. The molecule has 1 aromatic rings. The zero-order valence-electron chi connectivity index (χ0n) is 25.0. The van der Waals surface area contributed by atoms with Crippen LogP contribution in [-0.2, 0) is 23.7 Å². The Morgan fingerprint density at radius 2 is 1.80 bits per heavy atom. The molecule has 0 saturated carbocycles. The molecule has 9 nitrogen and oxygen atoms in total. The first-order chi connectivity index (χ1) is 19.3. The molecule has 1 aromatic carbocycles. The van der Waals surface area contributed by atoms with Crippen molar-refractivity contribution in [3.8, 4) is 0 Å². The summed E-state index contributed by atoms with van der Waals surface area (Å²) in [6.45, 7) is 13.4. The number of fused-ring (bicyclic) bond motifs is 1. The third kappa shape index (κ3) is 8.87. The Balaban J connectivity index is 1.39. The Morgan fingerprint density at radius 3 is 2.55 bits per heavy atom. The molecule has 226 valence electrons. The molecule has 40 heavy (non-hydrogen) atoms. The van der Waals surface area contributed by atoms with E-state index in [0.717, 1.165) is 44.6 Å². The van der Waals surface area contributed by atoms with Crippen LogP contribution in [0.1, 0.15) is 77.7 Å². The van der Waals surface area contributed by atoms with E-state index in [9.17, 15) is 4.79 Å². The molecular weight excluding hydrogens is 510 g/mol. The summed E-state index contributed by atoms with van der Waals surface area (Å²) in [5, 5.41) is 6.37. The molecule has 0 bridgehead atoms. The number of nitrogens with one attached hydrogen (secondary N) is 2. The zero-order valence-corrected chi connectivity index (χ0v) is 25.0. The molecule has 0 aromatic heterocycles. The van der Waals surface area contributed by atoms with Crippen LogP contribution in [0.5, 0.6) is 0 Å². The lowest BCUT2D eigenvalue weighted by molar-refractivity contribution is -0.277. The maximum atomic E-state index is 13.0. The van der Waals surface area contributed by atoms with Crippen LogP contribution in [0.4, 0.5) is 10.5 Å². The lowest BCUT2D eigenvalue weighted by Crippen LogP contribution is -2.46. The lowest BCUT2D eigenvalue weighted by Gasteiger charge is -2.29. The monoisotopic (exact) mass is 561 g/mol. The van der Waals surface area contributed by atoms with Crippen LogP contribution in [0.15, 0.2) is 24.3 Å². The Kier molecular flexibility index (Phi) is 11.6. The summed E-state index contributed by atoms with van der Waals surface area (Å²) in [5.74, 6) is -2.03. The van der Waals surface area contributed by atoms with Gasteiger partial charge in [-0.2, -0.15) is 0 Å². The molecule has 3 aliphatic heterocycles. The average molecular weight is 562 g/mol. The van der Waals surface area contributed by atoms with Crippen LogP contribution in [0, 0.1) is 6.92 Å². The van der Waals surface area contributed by atoms with Gasteiger partial charge >= 0.3 is 6.09 Å². The molecule has 0 aliphatic carbocycles. The van der Waals surface area contributed by atoms with Gasteiger partial charge in [-0.15, -0.1) is 0 Å². The van der Waals surface area contributed by atoms with Crippen molar-refractivity contribution >= 4 is 11.8 Å². The fourth-order valence-corrected chi connectivity index (χ4v) is 5.86. The van der Waals surface area contributed by atoms with Crippen molar-refractivity contribution in [1.82, 2.24) is 10.2 Å². The van der Waals surface area contributed by atoms with Gasteiger partial charge in [0.05, 0.1) is 0 Å². The number of benzene rings is 1. The molecule has 0 unspecified atom stereocenters. The van der Waals surface area contributed by atoms with Gasteiger partial charge in [0.2, 0.25) is 5.79 Å². The van der Waals surface area contributed by atoms with Gasteiger partial charge < -0.3 is 33.9 Å². The van der Waals surface area contributed by atoms with Crippen molar-refractivity contribution < 1.29 is 28.5 Å². The topological polar surface area (TPSA) is 90.5 Å². The van der Waals surface area contributed by atoms with Crippen LogP contribution in [0.25, 0.3) is 0 Å². The molecule has 2 N–H and O–H groups in total. The fourth-order valence-electron chi connectivity index (χ4n) is 5.86. The van der Waals surface area contributed by atoms with E-state index in [-0.39, 0.29) is 6.61 Å². The maximum absolute atomic E-state index is 13.0. The molecule has 3 fully saturated rings. The molecule has 3 aliphatic rings. The van der Waals surface area contributed by atoms with E-state index in [1.807, 2.05) is 45.0 Å². The standard InChI is InChI=1S/C31H51N3O6/c1-5-6-7-8-12-21-36-23-31-28(39-30(3,4)40-31)27(37-29(35)33-25-15-13-24(2)14-16-25)26(38-31)22-32-17-20-34-18-10-9-11-19-34/h13-16,26-28,32H,5-12,17-23H2,1-4H3,(H,33,35)/t26-,27+,28-,31-/m0/s1. The van der Waals surface area contributed by atoms with Gasteiger partial charge in [-0.25, -0.2) is 4.79 Å². The minimum atomic E-state index is -1.14. The Hall–Kier alpha value is -1.75. The fraction of sp³-hybridized carbons (Fsp3) is 0.774. The summed E-state index contributed by atoms with van der Waals surface area (Å²) in [5.41, 5.74) is 1.79. The van der Waals surface area contributed by atoms with Crippen molar-refractivity contribution in [2.75, 3.05) is 51.3 Å². The molecule has 4 rings (SSSR count). The number of piperidine rings is 1. The first-order valence-corrected chi connectivity index (χ1v) is 15.4. The van der Waals surface area contributed by atoms with Gasteiger partial charge in [-0.05, 0) is 65.3 Å². The third-order valence-corrected chi connectivity index (χ3v) is 7.91. The van der Waals surface area contributed by atoms with E-state index < -0.39 is 36.0 Å². The summed E-state index contributed by atoms with van der Waals surface area (Å²) in [6.07, 6.45) is 7.41. The van der Waals surface area contributed by atoms with Crippen LogP contribution >= 0.6 is 0 Å². The van der Waals surface area contributed by atoms with Crippen LogP contribution in [0.3, 0.4) is 0 Å². The maximum Gasteiger partial charge on any atom is 0.412 e. The van der Waals surface area contributed by atoms with Crippen molar-refractivity contribution in [3.05, 3.63) is 29.8 Å². The van der Waals surface area contributed by atoms with Crippen LogP contribution in [0.2, 0.25) is 0 Å². The number of unbranched alkanes of at least 4 members (excludes halogenated alkanes) is 4. The number of likely N-dealkylation sites (tertiary alicyclic amines) is 1. The highest BCUT2D eigenvalue weighted by molar-refractivity contribution is 5.84. The highest BCUT2D eigenvalue weighted by Crippen LogP contribution is 2.46. The first kappa shape index (κ1) is 31.2. The average Bonchev–Trinajstić information content (AvgIpc) is 3.34. The predicted octanol–water partition coefficient (Wildman–Crippen LogP) is 5.22. The van der Waals surface area contributed by atoms with Gasteiger partial charge in [0, 0.05) is 31.9 Å². The molecular formula is C31H51N3O6. The summed E-state index contributed by atoms with van der Waals surface area (Å²) in [6, 6.07) is 7.62. The number of carbonyl (C=O) groups is 1. The van der Waals surface area contributed by atoms with Crippen molar-refractivity contribution in [2.24, 2.45) is 0 Å². The molecule has 4 atom stereocenters. The summed E-state index contributed by atoms with van der Waals surface area (Å²) in [4.78, 5) is 15.5. The molecule has 9 heteroatoms. The van der Waals surface area contributed by atoms with Gasteiger partial charge in [0.15, 0.2) is 18.0 Å². The van der Waals surface area contributed by atoms with Crippen molar-refractivity contribution in [3.63, 3.8) is 0 Å². The number of hydrogen-bond donors (Lipinski definition) is 2. The molecule has 3 heterocycles. The second-order valence-electron chi connectivity index (χ2n) is 11.9. The van der Waals surface area contributed by atoms with E-state index in [1.54, 1.807) is 0 Å². The highest BCUT2D eigenvalue weighted by atomic mass is 16.9. The largest absolute Gasteiger partial charge is 0.440 e. The third-order valence-electron chi connectivity index (χ3n) is 7.91. The number of anilines is 1. The van der Waals surface area contributed by atoms with Gasteiger partial charge in [0.25, 0.3) is 0 Å². The van der Waals surface area contributed by atoms with Crippen molar-refractivity contribution in [2.45, 2.75) is 109 Å². The van der Waals surface area contributed by atoms with Crippen LogP contribution in [-0.4, -0.2) is 86.8 Å². The van der Waals surface area contributed by atoms with Gasteiger partial charge in [-0.3, -0.25) is 5.32 Å². The zero-order chi connectivity index (χ0) is 28.4. The quantitative estimate of drug-likeness (QED) is 0.282. The van der Waals surface area contributed by atoms with E-state index >= 15 is 0 Å². The van der Waals surface area contributed by atoms with Gasteiger partial charge in [0.1, 0.15) is 12.7 Å². The minimum Gasteiger partial charge on any atom is -0.440 e. The smallest absolute Gasteiger partial charge is 0.412 e. The number of amides is 1. The number of nitrogens with zero attached hydrogens (tertiary/aromatic N) is 1. The Labute approximate surface area is 240 Å². The Morgan fingerprint density at radius 1 is 1.05 bits per heavy atom. The summed E-state index contributed by atoms with van der Waals surface area (Å²) in [7, 11) is 0. The van der Waals surface area contributed by atoms with E-state index in [2.05, 4.69) is 22.5 Å². The number of ether oxygens (including phenoxy) is 5. The molecule has 0 radical (unpaired) electrons. The van der Waals surface area contributed by atoms with E-state index in [4.69, 9.17) is 23.7 Å². The Bertz CT molecular complexity index is 907. The number of rotatable bonds is 15. The van der Waals surface area contributed by atoms with Crippen molar-refractivity contribution in [1.29, 1.82) is 0 Å². The lowest BCUT2D eigenvalue weighted by atomic mass is 10.1. The van der Waals surface area contributed by atoms with E-state index in [0.29, 0.717) is 18.8 Å². The van der Waals surface area contributed by atoms with Gasteiger partial charge in [-0.1, -0.05) is 56.7 Å². The normalized spacial score (nSPS) is 27.9. The minimum absolute atomic E-state index is 0.221. The molecule has 3 saturated heterocycles. The summed E-state index contributed by atoms with van der Waals surface area (Å²) >= 11 is 0.